The molecule has 5 nitrogen and oxygen atoms in total. The van der Waals surface area contributed by atoms with Crippen LogP contribution in [-0.2, 0) is 10.1 Å². The summed E-state index contributed by atoms with van der Waals surface area (Å²) in [7, 11) is -5.31. The van der Waals surface area contributed by atoms with Gasteiger partial charge in [-0.05, 0) is 79.9 Å². The fraction of sp³-hybridized carbons (Fsp3) is 0. The molecule has 0 aliphatic rings. The zero-order valence-corrected chi connectivity index (χ0v) is 20.6. The van der Waals surface area contributed by atoms with E-state index in [0.29, 0.717) is 3.57 Å². The number of carbonyl (C=O) groups excluding carboxylic acids is 1. The molecule has 0 heterocycles. The molecule has 0 saturated carbocycles. The first-order valence-electron chi connectivity index (χ1n) is 7.24. The fourth-order valence-electron chi connectivity index (χ4n) is 2.51. The van der Waals surface area contributed by atoms with Crippen LogP contribution in [0.15, 0.2) is 41.3 Å². The lowest BCUT2D eigenvalue weighted by Gasteiger charge is -2.16. The number of benzene rings is 3. The van der Waals surface area contributed by atoms with Crippen molar-refractivity contribution in [3.8, 4) is 5.75 Å². The molecule has 11 heteroatoms. The minimum Gasteiger partial charge on any atom is -0.744 e. The zero-order chi connectivity index (χ0) is 20.8. The van der Waals surface area contributed by atoms with Gasteiger partial charge >= 0.3 is 5.97 Å². The Morgan fingerprint density at radius 2 is 1.61 bits per heavy atom. The second-order valence-electron chi connectivity index (χ2n) is 5.42. The summed E-state index contributed by atoms with van der Waals surface area (Å²) < 4.78 is 70.4. The summed E-state index contributed by atoms with van der Waals surface area (Å²) in [6, 6.07) is 8.49. The van der Waals surface area contributed by atoms with E-state index in [9.17, 15) is 26.5 Å². The second kappa shape index (κ2) is 8.23. The van der Waals surface area contributed by atoms with Gasteiger partial charge in [0.2, 0.25) is 5.82 Å². The van der Waals surface area contributed by atoms with Gasteiger partial charge in [-0.2, -0.15) is 4.39 Å². The average molecular weight is 741 g/mol. The standard InChI is InChI=1S/C17H7F2I3O5S/c18-12-13(19)16(28(24,25)26)9-4-2-1-3-8(9)15(12)27-17(23)10-5-7(20)6-11(21)14(10)22/h1-6H,(H,24,25,26)/p-1. The molecular formula is C17H6F2I3O5S-. The average Bonchev–Trinajstić information content (AvgIpc) is 2.60. The summed E-state index contributed by atoms with van der Waals surface area (Å²) in [5, 5.41) is -0.578. The maximum atomic E-state index is 14.6. The Morgan fingerprint density at radius 3 is 2.21 bits per heavy atom. The Labute approximate surface area is 199 Å². The smallest absolute Gasteiger partial charge is 0.344 e. The molecule has 0 N–H and O–H groups in total. The number of esters is 1. The summed E-state index contributed by atoms with van der Waals surface area (Å²) in [5.74, 6) is -5.34. The molecule has 3 rings (SSSR count). The van der Waals surface area contributed by atoms with Crippen LogP contribution in [0.1, 0.15) is 10.4 Å². The van der Waals surface area contributed by atoms with E-state index in [1.165, 1.54) is 24.3 Å². The normalized spacial score (nSPS) is 11.6. The highest BCUT2D eigenvalue weighted by molar-refractivity contribution is 14.1. The van der Waals surface area contributed by atoms with Gasteiger partial charge in [0.05, 0.1) is 5.56 Å². The van der Waals surface area contributed by atoms with E-state index in [-0.39, 0.29) is 16.3 Å². The van der Waals surface area contributed by atoms with Gasteiger partial charge in [-0.25, -0.2) is 17.6 Å². The Hall–Kier alpha value is -0.650. The van der Waals surface area contributed by atoms with Gasteiger partial charge in [0, 0.05) is 21.5 Å². The third-order valence-electron chi connectivity index (χ3n) is 3.67. The van der Waals surface area contributed by atoms with Crippen molar-refractivity contribution in [3.63, 3.8) is 0 Å². The molecule has 0 fully saturated rings. The molecule has 3 aromatic rings. The van der Waals surface area contributed by atoms with Gasteiger partial charge in [-0.3, -0.25) is 0 Å². The number of carbonyl (C=O) groups is 1. The Morgan fingerprint density at radius 1 is 1.00 bits per heavy atom. The summed E-state index contributed by atoms with van der Waals surface area (Å²) >= 11 is 5.95. The second-order valence-corrected chi connectivity index (χ2v) is 10.2. The largest absolute Gasteiger partial charge is 0.744 e. The summed E-state index contributed by atoms with van der Waals surface area (Å²) in [5.41, 5.74) is 0.140. The molecule has 0 aliphatic carbocycles. The first kappa shape index (κ1) is 22.0. The van der Waals surface area contributed by atoms with Gasteiger partial charge in [0.25, 0.3) is 0 Å². The van der Waals surface area contributed by atoms with E-state index in [1.54, 1.807) is 0 Å². The topological polar surface area (TPSA) is 83.5 Å². The van der Waals surface area contributed by atoms with Crippen molar-refractivity contribution in [1.29, 1.82) is 0 Å². The van der Waals surface area contributed by atoms with Gasteiger partial charge in [0.15, 0.2) is 11.6 Å². The Kier molecular flexibility index (Phi) is 6.48. The van der Waals surface area contributed by atoms with E-state index in [2.05, 4.69) is 0 Å². The number of hydrogen-bond donors (Lipinski definition) is 0. The number of ether oxygens (including phenoxy) is 1. The third-order valence-corrected chi connectivity index (χ3v) is 8.23. The SMILES string of the molecule is O=C(Oc1c(F)c(F)c(S(=O)(=O)[O-])c2ccccc12)c1cc(I)cc(I)c1I. The van der Waals surface area contributed by atoms with Gasteiger partial charge in [-0.15, -0.1) is 0 Å². The molecular weight excluding hydrogens is 735 g/mol. The number of fused-ring (bicyclic) bond motifs is 1. The number of rotatable bonds is 3. The highest BCUT2D eigenvalue weighted by Gasteiger charge is 2.27. The van der Waals surface area contributed by atoms with Crippen LogP contribution in [-0.4, -0.2) is 18.9 Å². The highest BCUT2D eigenvalue weighted by atomic mass is 127. The lowest BCUT2D eigenvalue weighted by molar-refractivity contribution is 0.0728. The van der Waals surface area contributed by atoms with Crippen molar-refractivity contribution in [2.45, 2.75) is 4.90 Å². The highest BCUT2D eigenvalue weighted by Crippen LogP contribution is 2.37. The third kappa shape index (κ3) is 4.13. The molecule has 0 unspecified atom stereocenters. The van der Waals surface area contributed by atoms with Gasteiger partial charge < -0.3 is 9.29 Å². The predicted molar refractivity (Wildman–Crippen MR) is 121 cm³/mol. The first-order valence-corrected chi connectivity index (χ1v) is 11.9. The molecule has 28 heavy (non-hydrogen) atoms. The van der Waals surface area contributed by atoms with Crippen molar-refractivity contribution in [2.24, 2.45) is 0 Å². The van der Waals surface area contributed by atoms with Crippen LogP contribution in [0.4, 0.5) is 8.78 Å². The van der Waals surface area contributed by atoms with Crippen molar-refractivity contribution < 1.29 is 31.3 Å². The lowest BCUT2D eigenvalue weighted by atomic mass is 10.1. The summed E-state index contributed by atoms with van der Waals surface area (Å²) in [6.07, 6.45) is 0. The first-order chi connectivity index (χ1) is 13.0. The molecule has 0 spiro atoms. The van der Waals surface area contributed by atoms with E-state index in [4.69, 9.17) is 4.74 Å². The van der Waals surface area contributed by atoms with Crippen LogP contribution in [0.5, 0.6) is 5.75 Å². The minimum atomic E-state index is -5.31. The lowest BCUT2D eigenvalue weighted by Crippen LogP contribution is -2.14. The molecule has 0 aromatic heterocycles. The molecule has 146 valence electrons. The van der Waals surface area contributed by atoms with E-state index >= 15 is 0 Å². The van der Waals surface area contributed by atoms with Gasteiger partial charge in [-0.1, -0.05) is 24.3 Å². The van der Waals surface area contributed by atoms with E-state index < -0.39 is 38.4 Å². The number of hydrogen-bond acceptors (Lipinski definition) is 5. The quantitative estimate of drug-likeness (QED) is 0.124. The van der Waals surface area contributed by atoms with E-state index in [0.717, 1.165) is 13.2 Å². The van der Waals surface area contributed by atoms with Crippen molar-refractivity contribution in [1.82, 2.24) is 0 Å². The maximum Gasteiger partial charge on any atom is 0.344 e. The van der Waals surface area contributed by atoms with Crippen LogP contribution in [0.25, 0.3) is 10.8 Å². The van der Waals surface area contributed by atoms with Crippen LogP contribution in [0.3, 0.4) is 0 Å². The monoisotopic (exact) mass is 741 g/mol. The fourth-order valence-corrected chi connectivity index (χ4v) is 5.64. The van der Waals surface area contributed by atoms with Crippen LogP contribution in [0, 0.1) is 22.3 Å². The molecule has 3 aromatic carbocycles. The summed E-state index contributed by atoms with van der Waals surface area (Å²) in [6.45, 7) is 0. The molecule has 0 atom stereocenters. The predicted octanol–water partition coefficient (Wildman–Crippen LogP) is 5.06. The molecule has 0 amide bonds. The van der Waals surface area contributed by atoms with Gasteiger partial charge in [0.1, 0.15) is 15.0 Å². The van der Waals surface area contributed by atoms with Crippen LogP contribution < -0.4 is 4.74 Å². The molecule has 0 bridgehead atoms. The van der Waals surface area contributed by atoms with Crippen molar-refractivity contribution in [3.05, 3.63) is 64.3 Å². The molecule has 0 saturated heterocycles. The van der Waals surface area contributed by atoms with Crippen molar-refractivity contribution >= 4 is 94.6 Å². The van der Waals surface area contributed by atoms with Crippen molar-refractivity contribution in [2.75, 3.05) is 0 Å². The zero-order valence-electron chi connectivity index (χ0n) is 13.3. The molecule has 0 aliphatic heterocycles. The molecule has 0 radical (unpaired) electrons. The maximum absolute atomic E-state index is 14.6. The minimum absolute atomic E-state index is 0.140. The van der Waals surface area contributed by atoms with Crippen LogP contribution in [0.2, 0.25) is 0 Å². The van der Waals surface area contributed by atoms with E-state index in [1.807, 2.05) is 73.8 Å². The van der Waals surface area contributed by atoms with Crippen LogP contribution >= 0.6 is 67.8 Å². The number of halogens is 5. The Bertz CT molecular complexity index is 1250. The Balaban J connectivity index is 2.23. The summed E-state index contributed by atoms with van der Waals surface area (Å²) in [4.78, 5) is 11.3.